The number of rotatable bonds is 8. The Morgan fingerprint density at radius 1 is 0.964 bits per heavy atom. The molecule has 0 aliphatic rings. The van der Waals surface area contributed by atoms with Gasteiger partial charge in [0.25, 0.3) is 0 Å². The minimum atomic E-state index is 0.252. The van der Waals surface area contributed by atoms with Gasteiger partial charge in [-0.1, -0.05) is 64.3 Å². The molecule has 2 aromatic carbocycles. The van der Waals surface area contributed by atoms with E-state index in [-0.39, 0.29) is 5.41 Å². The van der Waals surface area contributed by atoms with Crippen molar-refractivity contribution in [3.8, 4) is 0 Å². The van der Waals surface area contributed by atoms with Crippen LogP contribution in [0.2, 0.25) is 0 Å². The maximum Gasteiger partial charge on any atom is 0.0654 e. The van der Waals surface area contributed by atoms with Gasteiger partial charge in [-0.15, -0.1) is 11.8 Å². The third-order valence-corrected chi connectivity index (χ3v) is 5.63. The van der Waals surface area contributed by atoms with Crippen LogP contribution in [0.4, 0.5) is 5.69 Å². The SMILES string of the molecule is C=C(CC(C)(C)C)NCSc1cc(C(=C)Nc2c(C)cccc2C)ccc1C. The number of anilines is 1. The van der Waals surface area contributed by atoms with E-state index in [4.69, 9.17) is 0 Å². The van der Waals surface area contributed by atoms with Crippen LogP contribution in [0, 0.1) is 26.2 Å². The molecule has 0 amide bonds. The molecule has 0 radical (unpaired) electrons. The summed E-state index contributed by atoms with van der Waals surface area (Å²) >= 11 is 1.80. The van der Waals surface area contributed by atoms with Gasteiger partial charge in [-0.25, -0.2) is 0 Å². The van der Waals surface area contributed by atoms with E-state index in [1.807, 2.05) is 0 Å². The molecule has 2 rings (SSSR count). The van der Waals surface area contributed by atoms with Crippen LogP contribution in [0.5, 0.6) is 0 Å². The van der Waals surface area contributed by atoms with Crippen LogP contribution in [0.15, 0.2) is 60.1 Å². The summed E-state index contributed by atoms with van der Waals surface area (Å²) in [6, 6.07) is 12.8. The molecular weight excluding hydrogens is 360 g/mol. The smallest absolute Gasteiger partial charge is 0.0654 e. The van der Waals surface area contributed by atoms with Crippen molar-refractivity contribution in [1.82, 2.24) is 5.32 Å². The first-order valence-electron chi connectivity index (χ1n) is 9.74. The van der Waals surface area contributed by atoms with Gasteiger partial charge in [-0.3, -0.25) is 0 Å². The van der Waals surface area contributed by atoms with Crippen molar-refractivity contribution in [1.29, 1.82) is 0 Å². The van der Waals surface area contributed by atoms with Crippen LogP contribution < -0.4 is 10.6 Å². The minimum Gasteiger partial charge on any atom is -0.379 e. The Bertz CT molecular complexity index is 839. The molecule has 0 heterocycles. The molecule has 2 aromatic rings. The Labute approximate surface area is 175 Å². The maximum atomic E-state index is 4.27. The highest BCUT2D eigenvalue weighted by Crippen LogP contribution is 2.29. The fourth-order valence-corrected chi connectivity index (χ4v) is 4.03. The topological polar surface area (TPSA) is 24.1 Å². The van der Waals surface area contributed by atoms with Gasteiger partial charge in [0.05, 0.1) is 5.88 Å². The summed E-state index contributed by atoms with van der Waals surface area (Å²) < 4.78 is 0. The quantitative estimate of drug-likeness (QED) is 0.363. The Morgan fingerprint density at radius 3 is 2.21 bits per heavy atom. The lowest BCUT2D eigenvalue weighted by atomic mass is 9.91. The van der Waals surface area contributed by atoms with Crippen LogP contribution in [0.3, 0.4) is 0 Å². The molecule has 0 aromatic heterocycles. The summed E-state index contributed by atoms with van der Waals surface area (Å²) in [7, 11) is 0. The Morgan fingerprint density at radius 2 is 1.61 bits per heavy atom. The minimum absolute atomic E-state index is 0.252. The van der Waals surface area contributed by atoms with Gasteiger partial charge in [0.15, 0.2) is 0 Å². The first-order valence-corrected chi connectivity index (χ1v) is 10.7. The molecule has 0 atom stereocenters. The second-order valence-electron chi connectivity index (χ2n) is 8.66. The van der Waals surface area contributed by atoms with E-state index in [1.54, 1.807) is 11.8 Å². The first kappa shape index (κ1) is 22.2. The van der Waals surface area contributed by atoms with Gasteiger partial charge in [-0.05, 0) is 60.9 Å². The van der Waals surface area contributed by atoms with Crippen molar-refractivity contribution >= 4 is 23.1 Å². The van der Waals surface area contributed by atoms with E-state index in [9.17, 15) is 0 Å². The Balaban J connectivity index is 2.04. The molecule has 2 N–H and O–H groups in total. The largest absolute Gasteiger partial charge is 0.379 e. The number of hydrogen-bond donors (Lipinski definition) is 2. The van der Waals surface area contributed by atoms with Crippen molar-refractivity contribution < 1.29 is 0 Å². The van der Waals surface area contributed by atoms with Gasteiger partial charge < -0.3 is 10.6 Å². The van der Waals surface area contributed by atoms with Gasteiger partial charge in [-0.2, -0.15) is 0 Å². The second-order valence-corrected chi connectivity index (χ2v) is 9.67. The number of hydrogen-bond acceptors (Lipinski definition) is 3. The molecule has 0 saturated heterocycles. The lowest BCUT2D eigenvalue weighted by Crippen LogP contribution is -2.17. The predicted octanol–water partition coefficient (Wildman–Crippen LogP) is 7.28. The summed E-state index contributed by atoms with van der Waals surface area (Å²) in [6.07, 6.45) is 0.975. The number of para-hydroxylation sites is 1. The molecule has 150 valence electrons. The molecule has 0 saturated carbocycles. The van der Waals surface area contributed by atoms with Crippen molar-refractivity contribution in [3.63, 3.8) is 0 Å². The van der Waals surface area contributed by atoms with Crippen LogP contribution in [0.25, 0.3) is 5.70 Å². The maximum absolute atomic E-state index is 4.27. The van der Waals surface area contributed by atoms with E-state index in [0.717, 1.165) is 34.9 Å². The van der Waals surface area contributed by atoms with E-state index < -0.39 is 0 Å². The fraction of sp³-hybridized carbons (Fsp3) is 0.360. The standard InChI is InChI=1S/C25H34N2S/c1-17-12-13-22(21(5)27-24-18(2)10-9-11-19(24)3)14-23(17)28-16-26-20(4)15-25(6,7)8/h9-14,26-27H,4-5,15-16H2,1-3,6-8H3. The Kier molecular flexibility index (Phi) is 7.42. The normalized spacial score (nSPS) is 11.2. The van der Waals surface area contributed by atoms with E-state index in [1.165, 1.54) is 21.6 Å². The molecule has 2 nitrogen and oxygen atoms in total. The van der Waals surface area contributed by atoms with Gasteiger partial charge in [0.2, 0.25) is 0 Å². The zero-order valence-electron chi connectivity index (χ0n) is 18.2. The zero-order valence-corrected chi connectivity index (χ0v) is 19.0. The predicted molar refractivity (Wildman–Crippen MR) is 127 cm³/mol. The van der Waals surface area contributed by atoms with Crippen LogP contribution >= 0.6 is 11.8 Å². The van der Waals surface area contributed by atoms with Gasteiger partial charge in [0.1, 0.15) is 0 Å². The molecule has 28 heavy (non-hydrogen) atoms. The molecular formula is C25H34N2S. The fourth-order valence-electron chi connectivity index (χ4n) is 3.10. The second kappa shape index (κ2) is 9.38. The molecule has 0 aliphatic carbocycles. The molecule has 0 spiro atoms. The average Bonchev–Trinajstić information content (AvgIpc) is 2.58. The van der Waals surface area contributed by atoms with Gasteiger partial charge in [0, 0.05) is 22.0 Å². The summed E-state index contributed by atoms with van der Waals surface area (Å²) in [5, 5.41) is 6.96. The first-order chi connectivity index (χ1) is 13.1. The van der Waals surface area contributed by atoms with Crippen molar-refractivity contribution in [2.75, 3.05) is 11.2 Å². The van der Waals surface area contributed by atoms with E-state index in [2.05, 4.69) is 102 Å². The molecule has 0 bridgehead atoms. The van der Waals surface area contributed by atoms with Crippen LogP contribution in [-0.4, -0.2) is 5.88 Å². The number of benzene rings is 2. The van der Waals surface area contributed by atoms with Crippen molar-refractivity contribution in [3.05, 3.63) is 77.5 Å². The molecule has 0 aliphatic heterocycles. The lowest BCUT2D eigenvalue weighted by molar-refractivity contribution is 0.401. The summed E-state index contributed by atoms with van der Waals surface area (Å²) in [5.74, 6) is 0.815. The highest BCUT2D eigenvalue weighted by atomic mass is 32.2. The van der Waals surface area contributed by atoms with Crippen LogP contribution in [0.1, 0.15) is 49.4 Å². The number of nitrogens with one attached hydrogen (secondary N) is 2. The number of aryl methyl sites for hydroxylation is 3. The third kappa shape index (κ3) is 6.49. The third-order valence-electron chi connectivity index (χ3n) is 4.59. The number of thioether (sulfide) groups is 1. The summed E-state index contributed by atoms with van der Waals surface area (Å²) in [4.78, 5) is 1.26. The Hall–Kier alpha value is -2.13. The van der Waals surface area contributed by atoms with E-state index >= 15 is 0 Å². The van der Waals surface area contributed by atoms with Crippen LogP contribution in [-0.2, 0) is 0 Å². The zero-order chi connectivity index (χ0) is 20.9. The lowest BCUT2D eigenvalue weighted by Gasteiger charge is -2.21. The van der Waals surface area contributed by atoms with Gasteiger partial charge >= 0.3 is 0 Å². The highest BCUT2D eigenvalue weighted by Gasteiger charge is 2.12. The monoisotopic (exact) mass is 394 g/mol. The molecule has 0 unspecified atom stereocenters. The van der Waals surface area contributed by atoms with Crippen molar-refractivity contribution in [2.24, 2.45) is 5.41 Å². The summed E-state index contributed by atoms with van der Waals surface area (Å²) in [6.45, 7) is 21.5. The highest BCUT2D eigenvalue weighted by molar-refractivity contribution is 7.99. The molecule has 0 fully saturated rings. The van der Waals surface area contributed by atoms with Crippen molar-refractivity contribution in [2.45, 2.75) is 52.9 Å². The number of allylic oxidation sites excluding steroid dienone is 1. The molecule has 3 heteroatoms. The van der Waals surface area contributed by atoms with E-state index in [0.29, 0.717) is 0 Å². The average molecular weight is 395 g/mol. The summed E-state index contributed by atoms with van der Waals surface area (Å²) in [5.41, 5.74) is 8.25.